The zero-order chi connectivity index (χ0) is 21.7. The number of carbonyl (C=O) groups is 4. The van der Waals surface area contributed by atoms with E-state index >= 15 is 0 Å². The van der Waals surface area contributed by atoms with Crippen LogP contribution < -0.4 is 10.2 Å². The van der Waals surface area contributed by atoms with Crippen molar-refractivity contribution in [3.8, 4) is 0 Å². The molecule has 0 radical (unpaired) electrons. The minimum absolute atomic E-state index is 0.0473. The van der Waals surface area contributed by atoms with Gasteiger partial charge in [0.1, 0.15) is 0 Å². The van der Waals surface area contributed by atoms with Gasteiger partial charge in [-0.2, -0.15) is 0 Å². The third-order valence-electron chi connectivity index (χ3n) is 5.05. The standard InChI is InChI=1S/C23H24N2O5/c1-3-16-8-4-7-11-20(16)25-13-17(12-22(25)28)23(29)30-14-21(27)24-19-10-6-5-9-18(19)15(2)26/h4-11,17H,3,12-14H2,1-2H3,(H,24,27)/t17-/m0/s1. The molecule has 0 bridgehead atoms. The van der Waals surface area contributed by atoms with Crippen molar-refractivity contribution in [2.75, 3.05) is 23.4 Å². The Balaban J connectivity index is 1.57. The van der Waals surface area contributed by atoms with Gasteiger partial charge < -0.3 is 15.0 Å². The molecule has 7 nitrogen and oxygen atoms in total. The number of rotatable bonds is 7. The van der Waals surface area contributed by atoms with E-state index in [1.807, 2.05) is 31.2 Å². The van der Waals surface area contributed by atoms with E-state index in [1.54, 1.807) is 29.2 Å². The quantitative estimate of drug-likeness (QED) is 0.562. The highest BCUT2D eigenvalue weighted by Gasteiger charge is 2.37. The van der Waals surface area contributed by atoms with E-state index in [2.05, 4.69) is 5.32 Å². The fourth-order valence-electron chi connectivity index (χ4n) is 3.51. The summed E-state index contributed by atoms with van der Waals surface area (Å²) in [6.07, 6.45) is 0.822. The Hall–Kier alpha value is -3.48. The number of ketones is 1. The Kier molecular flexibility index (Phi) is 6.61. The lowest BCUT2D eigenvalue weighted by Gasteiger charge is -2.19. The second-order valence-electron chi connectivity index (χ2n) is 7.15. The van der Waals surface area contributed by atoms with Crippen LogP contribution in [0.5, 0.6) is 0 Å². The molecule has 1 atom stereocenters. The third-order valence-corrected chi connectivity index (χ3v) is 5.05. The molecule has 3 rings (SSSR count). The predicted molar refractivity (Wildman–Crippen MR) is 112 cm³/mol. The van der Waals surface area contributed by atoms with Gasteiger partial charge in [0, 0.05) is 24.2 Å². The highest BCUT2D eigenvalue weighted by molar-refractivity contribution is 6.04. The number of esters is 1. The molecular weight excluding hydrogens is 384 g/mol. The van der Waals surface area contributed by atoms with Gasteiger partial charge in [0.25, 0.3) is 5.91 Å². The molecule has 2 amide bonds. The van der Waals surface area contributed by atoms with Crippen LogP contribution in [0.25, 0.3) is 0 Å². The number of para-hydroxylation sites is 2. The summed E-state index contributed by atoms with van der Waals surface area (Å²) >= 11 is 0. The Labute approximate surface area is 175 Å². The molecule has 2 aromatic carbocycles. The summed E-state index contributed by atoms with van der Waals surface area (Å²) in [6, 6.07) is 14.2. The van der Waals surface area contributed by atoms with Crippen molar-refractivity contribution >= 4 is 34.9 Å². The predicted octanol–water partition coefficient (Wildman–Crippen LogP) is 2.99. The summed E-state index contributed by atoms with van der Waals surface area (Å²) in [4.78, 5) is 50.3. The molecule has 1 N–H and O–H groups in total. The maximum atomic E-state index is 12.4. The first-order chi connectivity index (χ1) is 14.4. The Morgan fingerprint density at radius 3 is 2.53 bits per heavy atom. The number of nitrogens with zero attached hydrogens (tertiary/aromatic N) is 1. The Morgan fingerprint density at radius 2 is 1.80 bits per heavy atom. The zero-order valence-corrected chi connectivity index (χ0v) is 17.0. The largest absolute Gasteiger partial charge is 0.455 e. The first kappa shape index (κ1) is 21.2. The molecule has 156 valence electrons. The maximum Gasteiger partial charge on any atom is 0.311 e. The minimum Gasteiger partial charge on any atom is -0.455 e. The summed E-state index contributed by atoms with van der Waals surface area (Å²) in [5.41, 5.74) is 2.58. The highest BCUT2D eigenvalue weighted by atomic mass is 16.5. The van der Waals surface area contributed by atoms with Crippen LogP contribution >= 0.6 is 0 Å². The van der Waals surface area contributed by atoms with Gasteiger partial charge in [-0.1, -0.05) is 37.3 Å². The molecule has 1 saturated heterocycles. The van der Waals surface area contributed by atoms with Gasteiger partial charge in [0.2, 0.25) is 5.91 Å². The summed E-state index contributed by atoms with van der Waals surface area (Å²) in [5.74, 6) is -2.08. The van der Waals surface area contributed by atoms with E-state index in [0.29, 0.717) is 11.3 Å². The van der Waals surface area contributed by atoms with Gasteiger partial charge in [-0.3, -0.25) is 19.2 Å². The third kappa shape index (κ3) is 4.74. The van der Waals surface area contributed by atoms with Gasteiger partial charge in [-0.15, -0.1) is 0 Å². The molecule has 1 aliphatic heterocycles. The number of anilines is 2. The van der Waals surface area contributed by atoms with Crippen LogP contribution in [-0.4, -0.2) is 36.7 Å². The smallest absolute Gasteiger partial charge is 0.311 e. The molecule has 0 unspecified atom stereocenters. The first-order valence-electron chi connectivity index (χ1n) is 9.85. The Morgan fingerprint density at radius 1 is 1.10 bits per heavy atom. The number of hydrogen-bond acceptors (Lipinski definition) is 5. The first-order valence-corrected chi connectivity index (χ1v) is 9.85. The minimum atomic E-state index is -0.625. The second-order valence-corrected chi connectivity index (χ2v) is 7.15. The van der Waals surface area contributed by atoms with Crippen molar-refractivity contribution in [1.82, 2.24) is 0 Å². The molecule has 0 saturated carbocycles. The van der Waals surface area contributed by atoms with Gasteiger partial charge in [-0.05, 0) is 37.1 Å². The van der Waals surface area contributed by atoms with Crippen molar-refractivity contribution in [3.63, 3.8) is 0 Å². The summed E-state index contributed by atoms with van der Waals surface area (Å²) in [5, 5.41) is 2.58. The Bertz CT molecular complexity index is 985. The fourth-order valence-corrected chi connectivity index (χ4v) is 3.51. The summed E-state index contributed by atoms with van der Waals surface area (Å²) in [6.45, 7) is 3.16. The molecule has 1 aliphatic rings. The van der Waals surface area contributed by atoms with Crippen molar-refractivity contribution < 1.29 is 23.9 Å². The fraction of sp³-hybridized carbons (Fsp3) is 0.304. The number of ether oxygens (including phenoxy) is 1. The van der Waals surface area contributed by atoms with Gasteiger partial charge in [0.05, 0.1) is 11.6 Å². The number of nitrogens with one attached hydrogen (secondary N) is 1. The molecular formula is C23H24N2O5. The topological polar surface area (TPSA) is 92.8 Å². The van der Waals surface area contributed by atoms with Crippen molar-refractivity contribution in [1.29, 1.82) is 0 Å². The summed E-state index contributed by atoms with van der Waals surface area (Å²) in [7, 11) is 0. The van der Waals surface area contributed by atoms with E-state index in [9.17, 15) is 19.2 Å². The number of benzene rings is 2. The van der Waals surface area contributed by atoms with E-state index < -0.39 is 24.4 Å². The number of Topliss-reactive ketones (excluding diaryl/α,β-unsaturated/α-hetero) is 1. The molecule has 2 aromatic rings. The molecule has 0 aromatic heterocycles. The van der Waals surface area contributed by atoms with E-state index in [1.165, 1.54) is 6.92 Å². The average Bonchev–Trinajstić information content (AvgIpc) is 3.13. The maximum absolute atomic E-state index is 12.4. The van der Waals surface area contributed by atoms with Crippen molar-refractivity contribution in [2.24, 2.45) is 5.92 Å². The van der Waals surface area contributed by atoms with Crippen LogP contribution in [0, 0.1) is 5.92 Å². The lowest BCUT2D eigenvalue weighted by molar-refractivity contribution is -0.151. The van der Waals surface area contributed by atoms with Crippen LogP contribution in [0.1, 0.15) is 36.2 Å². The number of hydrogen-bond donors (Lipinski definition) is 1. The van der Waals surface area contributed by atoms with Gasteiger partial charge in [-0.25, -0.2) is 0 Å². The van der Waals surface area contributed by atoms with Crippen LogP contribution in [0.3, 0.4) is 0 Å². The normalized spacial score (nSPS) is 15.7. The lowest BCUT2D eigenvalue weighted by atomic mass is 10.1. The number of aryl methyl sites for hydroxylation is 1. The van der Waals surface area contributed by atoms with E-state index in [-0.39, 0.29) is 24.7 Å². The lowest BCUT2D eigenvalue weighted by Crippen LogP contribution is -2.28. The van der Waals surface area contributed by atoms with E-state index in [4.69, 9.17) is 4.74 Å². The van der Waals surface area contributed by atoms with Crippen molar-refractivity contribution in [2.45, 2.75) is 26.7 Å². The average molecular weight is 408 g/mol. The number of carbonyl (C=O) groups excluding carboxylic acids is 4. The second kappa shape index (κ2) is 9.35. The van der Waals surface area contributed by atoms with E-state index in [0.717, 1.165) is 17.7 Å². The molecule has 0 spiro atoms. The monoisotopic (exact) mass is 408 g/mol. The molecule has 1 fully saturated rings. The van der Waals surface area contributed by atoms with Crippen LogP contribution in [-0.2, 0) is 25.5 Å². The van der Waals surface area contributed by atoms with Gasteiger partial charge in [0.15, 0.2) is 12.4 Å². The van der Waals surface area contributed by atoms with Crippen LogP contribution in [0.2, 0.25) is 0 Å². The van der Waals surface area contributed by atoms with Crippen LogP contribution in [0.4, 0.5) is 11.4 Å². The summed E-state index contributed by atoms with van der Waals surface area (Å²) < 4.78 is 5.13. The van der Waals surface area contributed by atoms with Gasteiger partial charge >= 0.3 is 5.97 Å². The molecule has 0 aliphatic carbocycles. The highest BCUT2D eigenvalue weighted by Crippen LogP contribution is 2.29. The molecule has 30 heavy (non-hydrogen) atoms. The SMILES string of the molecule is CCc1ccccc1N1C[C@@H](C(=O)OCC(=O)Nc2ccccc2C(C)=O)CC1=O. The van der Waals surface area contributed by atoms with Crippen LogP contribution in [0.15, 0.2) is 48.5 Å². The zero-order valence-electron chi connectivity index (χ0n) is 17.0. The molecule has 7 heteroatoms. The molecule has 1 heterocycles. The van der Waals surface area contributed by atoms with Crippen molar-refractivity contribution in [3.05, 3.63) is 59.7 Å². The number of amides is 2.